The van der Waals surface area contributed by atoms with Gasteiger partial charge in [0.15, 0.2) is 0 Å². The van der Waals surface area contributed by atoms with Gasteiger partial charge in [-0.2, -0.15) is 0 Å². The van der Waals surface area contributed by atoms with Crippen LogP contribution in [0, 0.1) is 5.41 Å². The van der Waals surface area contributed by atoms with Crippen molar-refractivity contribution in [3.8, 4) is 0 Å². The highest BCUT2D eigenvalue weighted by molar-refractivity contribution is 7.99. The van der Waals surface area contributed by atoms with Gasteiger partial charge in [0, 0.05) is 21.0 Å². The quantitative estimate of drug-likeness (QED) is 0.660. The van der Waals surface area contributed by atoms with Gasteiger partial charge in [0.05, 0.1) is 0 Å². The van der Waals surface area contributed by atoms with Gasteiger partial charge in [-0.1, -0.05) is 23.4 Å². The highest BCUT2D eigenvalue weighted by atomic mass is 35.5. The van der Waals surface area contributed by atoms with Gasteiger partial charge in [-0.25, -0.2) is 0 Å². The maximum atomic E-state index is 7.33. The van der Waals surface area contributed by atoms with Crippen LogP contribution >= 0.6 is 23.4 Å². The fourth-order valence-corrected chi connectivity index (χ4v) is 2.23. The summed E-state index contributed by atoms with van der Waals surface area (Å²) in [6, 6.07) is 11.3. The third-order valence-corrected chi connectivity index (χ3v) is 3.31. The van der Waals surface area contributed by atoms with Crippen LogP contribution in [-0.2, 0) is 0 Å². The lowest BCUT2D eigenvalue weighted by molar-refractivity contribution is 1.21. The second-order valence-electron chi connectivity index (χ2n) is 3.35. The fraction of sp³-hybridized carbons (Fsp3) is 0. The van der Waals surface area contributed by atoms with Crippen LogP contribution in [0.15, 0.2) is 52.4 Å². The number of nitrogens with two attached hydrogens (primary N) is 1. The topological polar surface area (TPSA) is 62.8 Å². The van der Waals surface area contributed by atoms with Gasteiger partial charge < -0.3 is 5.73 Å². The molecule has 2 rings (SSSR count). The monoisotopic (exact) mass is 263 g/mol. The molecule has 1 aromatic heterocycles. The SMILES string of the molecule is N=C(N)c1cc(Sc2ccc(Cl)cc2)ccn1. The molecular weight excluding hydrogens is 254 g/mol. The summed E-state index contributed by atoms with van der Waals surface area (Å²) in [5.41, 5.74) is 5.88. The zero-order chi connectivity index (χ0) is 12.3. The molecule has 0 amide bonds. The molecule has 0 aliphatic heterocycles. The highest BCUT2D eigenvalue weighted by Crippen LogP contribution is 2.28. The van der Waals surface area contributed by atoms with E-state index < -0.39 is 0 Å². The van der Waals surface area contributed by atoms with E-state index in [2.05, 4.69) is 4.98 Å². The molecule has 86 valence electrons. The number of hydrogen-bond acceptors (Lipinski definition) is 3. The Morgan fingerprint density at radius 1 is 1.18 bits per heavy atom. The van der Waals surface area contributed by atoms with E-state index in [1.165, 1.54) is 0 Å². The standard InChI is InChI=1S/C12H10ClN3S/c13-8-1-3-9(4-2-8)17-10-5-6-16-11(7-10)12(14)15/h1-7H,(H3,14,15). The van der Waals surface area contributed by atoms with E-state index in [4.69, 9.17) is 22.7 Å². The first-order valence-electron chi connectivity index (χ1n) is 4.89. The Hall–Kier alpha value is -1.52. The van der Waals surface area contributed by atoms with E-state index in [0.717, 1.165) is 9.79 Å². The van der Waals surface area contributed by atoms with E-state index >= 15 is 0 Å². The lowest BCUT2D eigenvalue weighted by Crippen LogP contribution is -2.12. The Kier molecular flexibility index (Phi) is 3.66. The van der Waals surface area contributed by atoms with Gasteiger partial charge in [0.25, 0.3) is 0 Å². The van der Waals surface area contributed by atoms with Crippen molar-refractivity contribution in [2.24, 2.45) is 5.73 Å². The smallest absolute Gasteiger partial charge is 0.141 e. The molecule has 1 heterocycles. The molecule has 0 saturated heterocycles. The lowest BCUT2D eigenvalue weighted by atomic mass is 10.3. The molecule has 3 nitrogen and oxygen atoms in total. The molecule has 0 unspecified atom stereocenters. The maximum Gasteiger partial charge on any atom is 0.141 e. The van der Waals surface area contributed by atoms with E-state index in [9.17, 15) is 0 Å². The lowest BCUT2D eigenvalue weighted by Gasteiger charge is -2.03. The number of rotatable bonds is 3. The van der Waals surface area contributed by atoms with Gasteiger partial charge in [0.2, 0.25) is 0 Å². The van der Waals surface area contributed by atoms with Crippen LogP contribution in [0.4, 0.5) is 0 Å². The molecule has 0 saturated carbocycles. The summed E-state index contributed by atoms with van der Waals surface area (Å²) in [5, 5.41) is 8.04. The van der Waals surface area contributed by atoms with Crippen LogP contribution in [-0.4, -0.2) is 10.8 Å². The minimum atomic E-state index is -0.0245. The van der Waals surface area contributed by atoms with E-state index in [1.807, 2.05) is 30.3 Å². The number of nitrogens with zero attached hydrogens (tertiary/aromatic N) is 1. The molecule has 1 aromatic carbocycles. The Morgan fingerprint density at radius 2 is 1.88 bits per heavy atom. The Morgan fingerprint density at radius 3 is 2.53 bits per heavy atom. The molecule has 0 spiro atoms. The first-order chi connectivity index (χ1) is 8.15. The number of nitrogen functional groups attached to an aromatic ring is 1. The molecule has 5 heteroatoms. The summed E-state index contributed by atoms with van der Waals surface area (Å²) >= 11 is 7.39. The largest absolute Gasteiger partial charge is 0.382 e. The van der Waals surface area contributed by atoms with Gasteiger partial charge in [-0.05, 0) is 36.4 Å². The van der Waals surface area contributed by atoms with Crippen molar-refractivity contribution >= 4 is 29.2 Å². The van der Waals surface area contributed by atoms with Crippen molar-refractivity contribution < 1.29 is 0 Å². The average Bonchev–Trinajstić information content (AvgIpc) is 2.32. The number of amidine groups is 1. The third-order valence-electron chi connectivity index (χ3n) is 2.06. The van der Waals surface area contributed by atoms with Crippen molar-refractivity contribution in [1.29, 1.82) is 5.41 Å². The van der Waals surface area contributed by atoms with Crippen LogP contribution in [0.1, 0.15) is 5.69 Å². The number of halogens is 1. The van der Waals surface area contributed by atoms with E-state index in [-0.39, 0.29) is 5.84 Å². The molecule has 3 N–H and O–H groups in total. The van der Waals surface area contributed by atoms with Crippen molar-refractivity contribution in [1.82, 2.24) is 4.98 Å². The Bertz CT molecular complexity index is 540. The Labute approximate surface area is 109 Å². The summed E-state index contributed by atoms with van der Waals surface area (Å²) in [6.45, 7) is 0. The number of aromatic nitrogens is 1. The summed E-state index contributed by atoms with van der Waals surface area (Å²) in [4.78, 5) is 6.08. The zero-order valence-corrected chi connectivity index (χ0v) is 10.4. The van der Waals surface area contributed by atoms with Crippen molar-refractivity contribution in [3.63, 3.8) is 0 Å². The van der Waals surface area contributed by atoms with Crippen LogP contribution < -0.4 is 5.73 Å². The first-order valence-corrected chi connectivity index (χ1v) is 6.08. The fourth-order valence-electron chi connectivity index (χ4n) is 1.26. The van der Waals surface area contributed by atoms with Crippen LogP contribution in [0.3, 0.4) is 0 Å². The summed E-state index contributed by atoms with van der Waals surface area (Å²) in [6.07, 6.45) is 1.65. The van der Waals surface area contributed by atoms with Gasteiger partial charge in [-0.3, -0.25) is 10.4 Å². The molecule has 2 aromatic rings. The number of hydrogen-bond donors (Lipinski definition) is 2. The van der Waals surface area contributed by atoms with Crippen LogP contribution in [0.2, 0.25) is 5.02 Å². The van der Waals surface area contributed by atoms with Gasteiger partial charge >= 0.3 is 0 Å². The van der Waals surface area contributed by atoms with Crippen LogP contribution in [0.5, 0.6) is 0 Å². The third kappa shape index (κ3) is 3.22. The molecule has 0 radical (unpaired) electrons. The molecule has 0 fully saturated rings. The van der Waals surface area contributed by atoms with Gasteiger partial charge in [-0.15, -0.1) is 0 Å². The van der Waals surface area contributed by atoms with E-state index in [0.29, 0.717) is 10.7 Å². The predicted molar refractivity (Wildman–Crippen MR) is 70.8 cm³/mol. The molecule has 0 bridgehead atoms. The molecule has 0 atom stereocenters. The number of pyridine rings is 1. The molecular formula is C12H10ClN3S. The molecule has 0 aliphatic carbocycles. The zero-order valence-electron chi connectivity index (χ0n) is 8.85. The maximum absolute atomic E-state index is 7.33. The van der Waals surface area contributed by atoms with Crippen molar-refractivity contribution in [3.05, 3.63) is 53.3 Å². The summed E-state index contributed by atoms with van der Waals surface area (Å²) < 4.78 is 0. The van der Waals surface area contributed by atoms with Crippen molar-refractivity contribution in [2.75, 3.05) is 0 Å². The minimum Gasteiger partial charge on any atom is -0.382 e. The molecule has 0 aliphatic rings. The van der Waals surface area contributed by atoms with Crippen LogP contribution in [0.25, 0.3) is 0 Å². The second-order valence-corrected chi connectivity index (χ2v) is 4.93. The van der Waals surface area contributed by atoms with Gasteiger partial charge in [0.1, 0.15) is 11.5 Å². The summed E-state index contributed by atoms with van der Waals surface area (Å²) in [7, 11) is 0. The van der Waals surface area contributed by atoms with E-state index in [1.54, 1.807) is 24.0 Å². The first kappa shape index (κ1) is 12.0. The minimum absolute atomic E-state index is 0.0245. The number of benzene rings is 1. The predicted octanol–water partition coefficient (Wildman–Crippen LogP) is 3.17. The van der Waals surface area contributed by atoms with Crippen molar-refractivity contribution in [2.45, 2.75) is 9.79 Å². The average molecular weight is 264 g/mol. The highest BCUT2D eigenvalue weighted by Gasteiger charge is 2.02. The molecule has 17 heavy (non-hydrogen) atoms. The second kappa shape index (κ2) is 5.21. The normalized spacial score (nSPS) is 10.2. The summed E-state index contributed by atoms with van der Waals surface area (Å²) in [5.74, 6) is -0.0245. The Balaban J connectivity index is 2.21. The number of nitrogens with one attached hydrogen (secondary N) is 1.